The third-order valence-corrected chi connectivity index (χ3v) is 3.04. The molecule has 20 heavy (non-hydrogen) atoms. The van der Waals surface area contributed by atoms with E-state index < -0.39 is 0 Å². The van der Waals surface area contributed by atoms with Gasteiger partial charge in [0.2, 0.25) is 0 Å². The van der Waals surface area contributed by atoms with E-state index in [4.69, 9.17) is 15.6 Å². The number of anilines is 1. The number of aliphatic hydroxyl groups excluding tert-OH is 1. The second-order valence-corrected chi connectivity index (χ2v) is 4.54. The number of benzene rings is 1. The van der Waals surface area contributed by atoms with Gasteiger partial charge in [0.1, 0.15) is 5.75 Å². The number of aliphatic hydroxyl groups is 1. The second kappa shape index (κ2) is 8.55. The Hall–Kier alpha value is -1.59. The number of nitrogen functional groups attached to an aromatic ring is 1. The average Bonchev–Trinajstić information content (AvgIpc) is 2.45. The lowest BCUT2D eigenvalue weighted by atomic mass is 10.0. The van der Waals surface area contributed by atoms with Gasteiger partial charge in [-0.25, -0.2) is 0 Å². The summed E-state index contributed by atoms with van der Waals surface area (Å²) in [5.74, 6) is 0.616. The van der Waals surface area contributed by atoms with Crippen molar-refractivity contribution in [1.29, 1.82) is 0 Å². The molecule has 0 fully saturated rings. The Kier molecular flexibility index (Phi) is 7.04. The first-order valence-corrected chi connectivity index (χ1v) is 7.04. The van der Waals surface area contributed by atoms with Crippen LogP contribution >= 0.6 is 0 Å². The zero-order valence-electron chi connectivity index (χ0n) is 12.2. The van der Waals surface area contributed by atoms with Crippen molar-refractivity contribution < 1.29 is 14.6 Å². The van der Waals surface area contributed by atoms with Gasteiger partial charge in [0.15, 0.2) is 5.78 Å². The first-order valence-electron chi connectivity index (χ1n) is 7.04. The van der Waals surface area contributed by atoms with Gasteiger partial charge in [0.25, 0.3) is 0 Å². The number of ether oxygens (including phenoxy) is 1. The smallest absolute Gasteiger partial charge is 0.179 e. The summed E-state index contributed by atoms with van der Waals surface area (Å²) >= 11 is 0. The molecule has 0 aliphatic heterocycles. The van der Waals surface area contributed by atoms with Crippen LogP contribution in [0.2, 0.25) is 0 Å². The van der Waals surface area contributed by atoms with Gasteiger partial charge < -0.3 is 20.9 Å². The van der Waals surface area contributed by atoms with Gasteiger partial charge in [-0.15, -0.1) is 0 Å². The van der Waals surface area contributed by atoms with Crippen molar-refractivity contribution in [2.24, 2.45) is 0 Å². The quantitative estimate of drug-likeness (QED) is 0.363. The van der Waals surface area contributed by atoms with E-state index in [1.807, 2.05) is 13.8 Å². The van der Waals surface area contributed by atoms with Gasteiger partial charge in [0.05, 0.1) is 18.3 Å². The lowest BCUT2D eigenvalue weighted by molar-refractivity contribution is 0.0939. The number of hydrogen-bond donors (Lipinski definition) is 3. The van der Waals surface area contributed by atoms with Crippen LogP contribution in [0, 0.1) is 0 Å². The lowest BCUT2D eigenvalue weighted by Gasteiger charge is -2.16. The third-order valence-electron chi connectivity index (χ3n) is 3.04. The van der Waals surface area contributed by atoms with Crippen molar-refractivity contribution in [3.8, 4) is 5.75 Å². The van der Waals surface area contributed by atoms with E-state index in [-0.39, 0.29) is 18.4 Å². The van der Waals surface area contributed by atoms with Gasteiger partial charge >= 0.3 is 0 Å². The van der Waals surface area contributed by atoms with E-state index in [9.17, 15) is 4.79 Å². The van der Waals surface area contributed by atoms with Crippen molar-refractivity contribution >= 4 is 11.5 Å². The van der Waals surface area contributed by atoms with E-state index in [1.165, 1.54) is 0 Å². The fraction of sp³-hybridized carbons (Fsp3) is 0.533. The van der Waals surface area contributed by atoms with Gasteiger partial charge in [-0.2, -0.15) is 0 Å². The molecular formula is C15H24N2O3. The predicted molar refractivity (Wildman–Crippen MR) is 80.1 cm³/mol. The minimum atomic E-state index is -0.251. The van der Waals surface area contributed by atoms with Gasteiger partial charge in [-0.1, -0.05) is 6.92 Å². The first kappa shape index (κ1) is 16.5. The van der Waals surface area contributed by atoms with Crippen LogP contribution in [0.15, 0.2) is 18.2 Å². The third kappa shape index (κ3) is 4.51. The molecule has 0 aromatic heterocycles. The van der Waals surface area contributed by atoms with Crippen molar-refractivity contribution in [1.82, 2.24) is 5.32 Å². The lowest BCUT2D eigenvalue weighted by Crippen LogP contribution is -2.37. The number of carbonyl (C=O) groups excluding carboxylic acids is 1. The highest BCUT2D eigenvalue weighted by Crippen LogP contribution is 2.23. The van der Waals surface area contributed by atoms with E-state index in [0.717, 1.165) is 0 Å². The molecule has 112 valence electrons. The summed E-state index contributed by atoms with van der Waals surface area (Å²) in [5, 5.41) is 11.9. The van der Waals surface area contributed by atoms with Crippen molar-refractivity contribution in [3.05, 3.63) is 23.8 Å². The monoisotopic (exact) mass is 280 g/mol. The Morgan fingerprint density at radius 2 is 2.20 bits per heavy atom. The highest BCUT2D eigenvalue weighted by Gasteiger charge is 2.18. The standard InChI is InChI=1S/C15H24N2O3/c1-3-13(17-8-5-9-18)15(19)11-6-7-14(20-4-2)12(16)10-11/h6-7,10,13,17-18H,3-5,8-9,16H2,1-2H3. The van der Waals surface area contributed by atoms with Crippen molar-refractivity contribution in [3.63, 3.8) is 0 Å². The second-order valence-electron chi connectivity index (χ2n) is 4.54. The van der Waals surface area contributed by atoms with E-state index in [2.05, 4.69) is 5.32 Å². The first-order chi connectivity index (χ1) is 9.63. The van der Waals surface area contributed by atoms with Crippen LogP contribution in [-0.2, 0) is 0 Å². The largest absolute Gasteiger partial charge is 0.492 e. The minimum Gasteiger partial charge on any atom is -0.492 e. The van der Waals surface area contributed by atoms with Crippen LogP contribution in [0.4, 0.5) is 5.69 Å². The Morgan fingerprint density at radius 1 is 1.45 bits per heavy atom. The SMILES string of the molecule is CCOc1ccc(C(=O)C(CC)NCCCO)cc1N. The fourth-order valence-electron chi connectivity index (χ4n) is 1.97. The van der Waals surface area contributed by atoms with Gasteiger partial charge in [-0.3, -0.25) is 4.79 Å². The summed E-state index contributed by atoms with van der Waals surface area (Å²) in [5.41, 5.74) is 6.93. The Balaban J connectivity index is 2.76. The maximum absolute atomic E-state index is 12.4. The van der Waals surface area contributed by atoms with Crippen LogP contribution < -0.4 is 15.8 Å². The van der Waals surface area contributed by atoms with Crippen LogP contribution in [-0.4, -0.2) is 36.7 Å². The zero-order valence-corrected chi connectivity index (χ0v) is 12.2. The summed E-state index contributed by atoms with van der Waals surface area (Å²) in [6.45, 7) is 5.11. The molecule has 0 saturated carbocycles. The number of Topliss-reactive ketones (excluding diaryl/α,β-unsaturated/α-hetero) is 1. The highest BCUT2D eigenvalue weighted by molar-refractivity contribution is 6.01. The van der Waals surface area contributed by atoms with Crippen LogP contribution in [0.5, 0.6) is 5.75 Å². The van der Waals surface area contributed by atoms with E-state index >= 15 is 0 Å². The van der Waals surface area contributed by atoms with Gasteiger partial charge in [0, 0.05) is 12.2 Å². The average molecular weight is 280 g/mol. The molecule has 0 heterocycles. The molecule has 1 aromatic carbocycles. The van der Waals surface area contributed by atoms with Gasteiger partial charge in [-0.05, 0) is 44.5 Å². The molecule has 0 aliphatic carbocycles. The molecule has 0 spiro atoms. The highest BCUT2D eigenvalue weighted by atomic mass is 16.5. The molecule has 4 N–H and O–H groups in total. The zero-order chi connectivity index (χ0) is 15.0. The summed E-state index contributed by atoms with van der Waals surface area (Å²) in [6.07, 6.45) is 1.33. The van der Waals surface area contributed by atoms with Crippen LogP contribution in [0.1, 0.15) is 37.0 Å². The Labute approximate surface area is 120 Å². The summed E-state index contributed by atoms with van der Waals surface area (Å²) < 4.78 is 5.36. The summed E-state index contributed by atoms with van der Waals surface area (Å²) in [7, 11) is 0. The minimum absolute atomic E-state index is 0.0141. The number of rotatable bonds is 9. The molecule has 1 atom stereocenters. The molecule has 0 saturated heterocycles. The molecule has 0 aliphatic rings. The fourth-order valence-corrected chi connectivity index (χ4v) is 1.97. The Bertz CT molecular complexity index is 435. The Morgan fingerprint density at radius 3 is 2.75 bits per heavy atom. The molecule has 0 amide bonds. The maximum Gasteiger partial charge on any atom is 0.179 e. The molecule has 1 unspecified atom stereocenters. The number of carbonyl (C=O) groups is 1. The topological polar surface area (TPSA) is 84.6 Å². The van der Waals surface area contributed by atoms with Crippen molar-refractivity contribution in [2.45, 2.75) is 32.7 Å². The van der Waals surface area contributed by atoms with Crippen molar-refractivity contribution in [2.75, 3.05) is 25.5 Å². The molecule has 0 bridgehead atoms. The number of hydrogen-bond acceptors (Lipinski definition) is 5. The number of nitrogens with two attached hydrogens (primary N) is 1. The molecule has 1 rings (SSSR count). The molecule has 5 heteroatoms. The molecule has 5 nitrogen and oxygen atoms in total. The molecule has 1 aromatic rings. The summed E-state index contributed by atoms with van der Waals surface area (Å²) in [6, 6.07) is 4.87. The number of nitrogens with one attached hydrogen (secondary N) is 1. The normalized spacial score (nSPS) is 12.2. The predicted octanol–water partition coefficient (Wildman–Crippen LogP) is 1.60. The summed E-state index contributed by atoms with van der Waals surface area (Å²) in [4.78, 5) is 12.4. The van der Waals surface area contributed by atoms with Crippen LogP contribution in [0.25, 0.3) is 0 Å². The van der Waals surface area contributed by atoms with E-state index in [0.29, 0.717) is 43.0 Å². The van der Waals surface area contributed by atoms with Crippen LogP contribution in [0.3, 0.4) is 0 Å². The maximum atomic E-state index is 12.4. The molecular weight excluding hydrogens is 256 g/mol. The number of ketones is 1. The van der Waals surface area contributed by atoms with E-state index in [1.54, 1.807) is 18.2 Å². The molecule has 0 radical (unpaired) electrons.